The lowest BCUT2D eigenvalue weighted by molar-refractivity contribution is -0.161. The molecule has 2 unspecified atom stereocenters. The smallest absolute Gasteiger partial charge is 0.462 e. The van der Waals surface area contributed by atoms with Gasteiger partial charge in [-0.1, -0.05) is 192 Å². The maximum absolute atomic E-state index is 12.6. The van der Waals surface area contributed by atoms with Gasteiger partial charge in [0.15, 0.2) is 6.10 Å². The summed E-state index contributed by atoms with van der Waals surface area (Å²) in [5.74, 6) is -0.830. The van der Waals surface area contributed by atoms with Crippen LogP contribution >= 0.6 is 7.82 Å². The second-order valence-electron chi connectivity index (χ2n) is 16.7. The molecule has 0 bridgehead atoms. The molecule has 348 valence electrons. The van der Waals surface area contributed by atoms with Crippen molar-refractivity contribution in [1.82, 2.24) is 0 Å². The Bertz CT molecular complexity index is 1020. The standard InChI is InChI=1S/C49H94NO8P/c1-3-5-7-9-11-13-15-17-18-19-20-21-22-23-24-25-26-27-28-30-32-34-36-38-40-42-49(52)58-47(46-57-59(53,54)56-44-43-50)45-55-48(51)41-39-37-35-33-31-29-16-14-12-10-8-6-4-2/h14,16,19-20,47H,3-13,15,17-18,21-46,50H2,1-2H3,(H,53,54)/b16-14-,20-19-. The normalized spacial score (nSPS) is 13.4. The first-order chi connectivity index (χ1) is 28.8. The average molecular weight is 856 g/mol. The van der Waals surface area contributed by atoms with Crippen molar-refractivity contribution in [3.63, 3.8) is 0 Å². The highest BCUT2D eigenvalue weighted by Gasteiger charge is 2.26. The second-order valence-corrected chi connectivity index (χ2v) is 18.1. The first kappa shape index (κ1) is 57.5. The molecule has 0 aromatic rings. The molecule has 0 fully saturated rings. The number of carbonyl (C=O) groups excluding carboxylic acids is 2. The molecule has 0 saturated carbocycles. The van der Waals surface area contributed by atoms with E-state index in [0.29, 0.717) is 6.42 Å². The lowest BCUT2D eigenvalue weighted by Crippen LogP contribution is -2.29. The van der Waals surface area contributed by atoms with E-state index in [1.54, 1.807) is 0 Å². The molecule has 0 heterocycles. The summed E-state index contributed by atoms with van der Waals surface area (Å²) >= 11 is 0. The van der Waals surface area contributed by atoms with Gasteiger partial charge in [0.25, 0.3) is 0 Å². The maximum atomic E-state index is 12.6. The molecule has 0 aromatic heterocycles. The minimum atomic E-state index is -4.38. The topological polar surface area (TPSA) is 134 Å². The molecule has 2 atom stereocenters. The van der Waals surface area contributed by atoms with Crippen LogP contribution in [0.2, 0.25) is 0 Å². The third kappa shape index (κ3) is 45.8. The number of carbonyl (C=O) groups is 2. The third-order valence-electron chi connectivity index (χ3n) is 10.8. The molecule has 9 nitrogen and oxygen atoms in total. The van der Waals surface area contributed by atoms with Crippen LogP contribution in [0.4, 0.5) is 0 Å². The van der Waals surface area contributed by atoms with Crippen LogP contribution in [0.1, 0.15) is 245 Å². The van der Waals surface area contributed by atoms with E-state index in [0.717, 1.165) is 51.4 Å². The molecule has 3 N–H and O–H groups in total. The number of ether oxygens (including phenoxy) is 2. The summed E-state index contributed by atoms with van der Waals surface area (Å²) in [7, 11) is -4.38. The number of unbranched alkanes of at least 4 members (excludes halogenated alkanes) is 30. The molecule has 0 aliphatic heterocycles. The molecule has 10 heteroatoms. The summed E-state index contributed by atoms with van der Waals surface area (Å²) in [5, 5.41) is 0. The van der Waals surface area contributed by atoms with E-state index in [-0.39, 0.29) is 38.6 Å². The SMILES string of the molecule is CCCCCC/C=C\CCCCCCCC(=O)OCC(COP(=O)(O)OCCN)OC(=O)CCCCCCCCCCCCCCC/C=C\CCCCCCCCCC. The van der Waals surface area contributed by atoms with E-state index in [9.17, 15) is 19.0 Å². The van der Waals surface area contributed by atoms with Crippen LogP contribution in [0.15, 0.2) is 24.3 Å². The molecule has 0 radical (unpaired) electrons. The number of phosphoric ester groups is 1. The lowest BCUT2D eigenvalue weighted by Gasteiger charge is -2.19. The van der Waals surface area contributed by atoms with Gasteiger partial charge < -0.3 is 20.1 Å². The number of allylic oxidation sites excluding steroid dienone is 4. The third-order valence-corrected chi connectivity index (χ3v) is 11.8. The molecule has 0 saturated heterocycles. The number of rotatable bonds is 47. The van der Waals surface area contributed by atoms with Gasteiger partial charge >= 0.3 is 19.8 Å². The summed E-state index contributed by atoms with van der Waals surface area (Å²) in [6, 6.07) is 0. The molecule has 0 rings (SSSR count). The van der Waals surface area contributed by atoms with Crippen molar-refractivity contribution < 1.29 is 37.6 Å². The average Bonchev–Trinajstić information content (AvgIpc) is 3.22. The molecular formula is C49H94NO8P. The van der Waals surface area contributed by atoms with Crippen LogP contribution < -0.4 is 5.73 Å². The number of hydrogen-bond donors (Lipinski definition) is 2. The Balaban J connectivity index is 3.98. The molecule has 0 aliphatic carbocycles. The highest BCUT2D eigenvalue weighted by Crippen LogP contribution is 2.43. The summed E-state index contributed by atoms with van der Waals surface area (Å²) in [4.78, 5) is 34.9. The van der Waals surface area contributed by atoms with E-state index in [1.807, 2.05) is 0 Å². The Morgan fingerprint density at radius 1 is 0.492 bits per heavy atom. The van der Waals surface area contributed by atoms with Gasteiger partial charge in [-0.3, -0.25) is 18.6 Å². The van der Waals surface area contributed by atoms with Crippen molar-refractivity contribution in [2.24, 2.45) is 5.73 Å². The second kappa shape index (κ2) is 46.0. The summed E-state index contributed by atoms with van der Waals surface area (Å²) in [5.41, 5.74) is 5.36. The maximum Gasteiger partial charge on any atom is 0.472 e. The molecule has 0 aromatic carbocycles. The van der Waals surface area contributed by atoms with E-state index in [2.05, 4.69) is 38.2 Å². The number of phosphoric acid groups is 1. The van der Waals surface area contributed by atoms with Gasteiger partial charge in [-0.05, 0) is 64.2 Å². The fraction of sp³-hybridized carbons (Fsp3) is 0.878. The van der Waals surface area contributed by atoms with Gasteiger partial charge in [0.05, 0.1) is 13.2 Å². The minimum Gasteiger partial charge on any atom is -0.462 e. The van der Waals surface area contributed by atoms with Gasteiger partial charge in [0, 0.05) is 19.4 Å². The highest BCUT2D eigenvalue weighted by molar-refractivity contribution is 7.47. The van der Waals surface area contributed by atoms with Gasteiger partial charge in [0.1, 0.15) is 6.61 Å². The zero-order valence-corrected chi connectivity index (χ0v) is 39.4. The van der Waals surface area contributed by atoms with E-state index in [1.165, 1.54) is 161 Å². The first-order valence-electron chi connectivity index (χ1n) is 24.8. The Labute approximate surface area is 363 Å². The van der Waals surface area contributed by atoms with Crippen molar-refractivity contribution >= 4 is 19.8 Å². The quantitative estimate of drug-likeness (QED) is 0.0265. The van der Waals surface area contributed by atoms with Crippen molar-refractivity contribution in [2.45, 2.75) is 251 Å². The zero-order chi connectivity index (χ0) is 43.2. The number of nitrogens with two attached hydrogens (primary N) is 1. The first-order valence-corrected chi connectivity index (χ1v) is 26.3. The summed E-state index contributed by atoms with van der Waals surface area (Å²) in [6.07, 6.45) is 50.8. The van der Waals surface area contributed by atoms with E-state index < -0.39 is 26.5 Å². The van der Waals surface area contributed by atoms with Crippen LogP contribution in [0.5, 0.6) is 0 Å². The van der Waals surface area contributed by atoms with E-state index >= 15 is 0 Å². The molecule has 0 aliphatic rings. The molecule has 0 spiro atoms. The fourth-order valence-corrected chi connectivity index (χ4v) is 7.86. The molecule has 59 heavy (non-hydrogen) atoms. The highest BCUT2D eigenvalue weighted by atomic mass is 31.2. The summed E-state index contributed by atoms with van der Waals surface area (Å²) < 4.78 is 32.9. The predicted molar refractivity (Wildman–Crippen MR) is 247 cm³/mol. The van der Waals surface area contributed by atoms with Gasteiger partial charge in [-0.25, -0.2) is 4.57 Å². The summed E-state index contributed by atoms with van der Waals surface area (Å²) in [6.45, 7) is 3.74. The fourth-order valence-electron chi connectivity index (χ4n) is 7.10. The Morgan fingerprint density at radius 3 is 1.22 bits per heavy atom. The van der Waals surface area contributed by atoms with Crippen LogP contribution in [0.3, 0.4) is 0 Å². The van der Waals surface area contributed by atoms with Gasteiger partial charge in [-0.2, -0.15) is 0 Å². The zero-order valence-electron chi connectivity index (χ0n) is 38.5. The monoisotopic (exact) mass is 856 g/mol. The Kier molecular flexibility index (Phi) is 44.8. The van der Waals surface area contributed by atoms with Crippen LogP contribution in [-0.2, 0) is 32.7 Å². The van der Waals surface area contributed by atoms with Crippen molar-refractivity contribution in [3.8, 4) is 0 Å². The van der Waals surface area contributed by atoms with Crippen molar-refractivity contribution in [2.75, 3.05) is 26.4 Å². The predicted octanol–water partition coefficient (Wildman–Crippen LogP) is 14.7. The minimum absolute atomic E-state index is 0.0538. The van der Waals surface area contributed by atoms with Crippen LogP contribution in [0.25, 0.3) is 0 Å². The molecular weight excluding hydrogens is 762 g/mol. The van der Waals surface area contributed by atoms with Crippen LogP contribution in [-0.4, -0.2) is 49.3 Å². The van der Waals surface area contributed by atoms with Gasteiger partial charge in [0.2, 0.25) is 0 Å². The Hall–Kier alpha value is -1.51. The lowest BCUT2D eigenvalue weighted by atomic mass is 10.0. The number of hydrogen-bond acceptors (Lipinski definition) is 8. The van der Waals surface area contributed by atoms with Crippen molar-refractivity contribution in [1.29, 1.82) is 0 Å². The number of esters is 2. The largest absolute Gasteiger partial charge is 0.472 e. The van der Waals surface area contributed by atoms with Gasteiger partial charge in [-0.15, -0.1) is 0 Å². The van der Waals surface area contributed by atoms with E-state index in [4.69, 9.17) is 24.3 Å². The van der Waals surface area contributed by atoms with Crippen molar-refractivity contribution in [3.05, 3.63) is 24.3 Å². The Morgan fingerprint density at radius 2 is 0.831 bits per heavy atom. The molecule has 0 amide bonds. The van der Waals surface area contributed by atoms with Crippen LogP contribution in [0, 0.1) is 0 Å².